The topological polar surface area (TPSA) is 110 Å². The Labute approximate surface area is 140 Å². The van der Waals surface area contributed by atoms with Crippen molar-refractivity contribution in [3.05, 3.63) is 56.2 Å². The van der Waals surface area contributed by atoms with E-state index in [1.807, 2.05) is 24.3 Å². The third-order valence-corrected chi connectivity index (χ3v) is 4.06. The highest BCUT2D eigenvalue weighted by molar-refractivity contribution is 8.00. The van der Waals surface area contributed by atoms with E-state index in [0.29, 0.717) is 5.69 Å². The molecule has 3 N–H and O–H groups in total. The van der Waals surface area contributed by atoms with Gasteiger partial charge < -0.3 is 10.1 Å². The van der Waals surface area contributed by atoms with Crippen LogP contribution < -0.4 is 5.56 Å². The number of aliphatic carboxylic acids is 1. The van der Waals surface area contributed by atoms with Crippen LogP contribution in [0, 0.1) is 16.1 Å². The van der Waals surface area contributed by atoms with Crippen LogP contribution in [0.4, 0.5) is 0 Å². The van der Waals surface area contributed by atoms with Crippen molar-refractivity contribution < 1.29 is 9.90 Å². The number of aromatic amines is 2. The molecule has 0 bridgehead atoms. The predicted molar refractivity (Wildman–Crippen MR) is 90.7 cm³/mol. The molecule has 0 spiro atoms. The molecule has 0 aliphatic carbocycles. The van der Waals surface area contributed by atoms with Crippen molar-refractivity contribution in [3.63, 3.8) is 0 Å². The second-order valence-electron chi connectivity index (χ2n) is 4.36. The molecule has 0 radical (unpaired) electrons. The summed E-state index contributed by atoms with van der Waals surface area (Å²) in [5, 5.41) is 17.8. The third kappa shape index (κ3) is 4.42. The van der Waals surface area contributed by atoms with Crippen LogP contribution in [0.25, 0.3) is 12.2 Å². The van der Waals surface area contributed by atoms with Crippen LogP contribution in [-0.2, 0) is 4.79 Å². The molecule has 1 aromatic carbocycles. The number of carboxylic acids is 1. The van der Waals surface area contributed by atoms with E-state index in [4.69, 9.17) is 22.6 Å². The highest BCUT2D eigenvalue weighted by Gasteiger charge is 2.06. The summed E-state index contributed by atoms with van der Waals surface area (Å²) in [5.74, 6) is -0.957. The van der Waals surface area contributed by atoms with E-state index >= 15 is 0 Å². The summed E-state index contributed by atoms with van der Waals surface area (Å²) in [6.45, 7) is 0. The average molecular weight is 345 g/mol. The van der Waals surface area contributed by atoms with Gasteiger partial charge >= 0.3 is 5.97 Å². The maximum Gasteiger partial charge on any atom is 0.313 e. The Morgan fingerprint density at radius 2 is 2.09 bits per heavy atom. The zero-order valence-electron chi connectivity index (χ0n) is 11.7. The highest BCUT2D eigenvalue weighted by Crippen LogP contribution is 2.24. The van der Waals surface area contributed by atoms with Gasteiger partial charge in [0.25, 0.3) is 5.56 Å². The van der Waals surface area contributed by atoms with Gasteiger partial charge in [-0.25, -0.2) is 0 Å². The first-order valence-electron chi connectivity index (χ1n) is 6.39. The maximum atomic E-state index is 11.7. The number of carbonyl (C=O) groups is 1. The molecule has 0 aliphatic heterocycles. The summed E-state index contributed by atoms with van der Waals surface area (Å²) < 4.78 is 0.127. The number of rotatable bonds is 5. The normalized spacial score (nSPS) is 10.6. The Morgan fingerprint density at radius 3 is 2.78 bits per heavy atom. The molecule has 0 atom stereocenters. The van der Waals surface area contributed by atoms with Crippen molar-refractivity contribution in [3.8, 4) is 6.07 Å². The number of benzene rings is 1. The lowest BCUT2D eigenvalue weighted by molar-refractivity contribution is -0.133. The standard InChI is InChI=1S/C15H11N3O3S2/c16-7-10-11(17-15(22)18-14(10)21)6-5-9-3-1-2-4-12(9)23-8-13(19)20/h1-6H,8H2,(H,19,20)(H2,17,18,21,22)/b6-5+. The van der Waals surface area contributed by atoms with Gasteiger partial charge in [0, 0.05) is 4.90 Å². The van der Waals surface area contributed by atoms with Gasteiger partial charge in [0.1, 0.15) is 11.6 Å². The number of nitrogens with zero attached hydrogens (tertiary/aromatic N) is 1. The Hall–Kier alpha value is -2.63. The zero-order valence-corrected chi connectivity index (χ0v) is 13.3. The summed E-state index contributed by atoms with van der Waals surface area (Å²) in [6.07, 6.45) is 3.27. The molecule has 0 unspecified atom stereocenters. The van der Waals surface area contributed by atoms with Crippen LogP contribution in [0.3, 0.4) is 0 Å². The molecular formula is C15H11N3O3S2. The van der Waals surface area contributed by atoms with Gasteiger partial charge in [-0.15, -0.1) is 11.8 Å². The molecule has 1 heterocycles. The van der Waals surface area contributed by atoms with Gasteiger partial charge in [0.05, 0.1) is 11.4 Å². The lowest BCUT2D eigenvalue weighted by atomic mass is 10.1. The Morgan fingerprint density at radius 1 is 1.35 bits per heavy atom. The van der Waals surface area contributed by atoms with E-state index < -0.39 is 11.5 Å². The molecule has 116 valence electrons. The Bertz CT molecular complexity index is 923. The second kappa shape index (κ2) is 7.58. The summed E-state index contributed by atoms with van der Waals surface area (Å²) in [7, 11) is 0. The maximum absolute atomic E-state index is 11.7. The molecular weight excluding hydrogens is 334 g/mol. The van der Waals surface area contributed by atoms with Gasteiger partial charge in [-0.2, -0.15) is 5.26 Å². The van der Waals surface area contributed by atoms with Crippen molar-refractivity contribution in [2.24, 2.45) is 0 Å². The van der Waals surface area contributed by atoms with Crippen LogP contribution in [-0.4, -0.2) is 26.8 Å². The molecule has 8 heteroatoms. The molecule has 0 saturated carbocycles. The van der Waals surface area contributed by atoms with Gasteiger partial charge in [0.2, 0.25) is 0 Å². The largest absolute Gasteiger partial charge is 0.481 e. The minimum absolute atomic E-state index is 0.0538. The molecule has 2 aromatic rings. The van der Waals surface area contributed by atoms with Gasteiger partial charge in [-0.3, -0.25) is 14.6 Å². The van der Waals surface area contributed by atoms with Crippen LogP contribution in [0.1, 0.15) is 16.8 Å². The lowest BCUT2D eigenvalue weighted by Gasteiger charge is -2.04. The summed E-state index contributed by atoms with van der Waals surface area (Å²) in [4.78, 5) is 28.3. The fraction of sp³-hybridized carbons (Fsp3) is 0.0667. The number of aromatic nitrogens is 2. The monoisotopic (exact) mass is 345 g/mol. The minimum atomic E-state index is -0.903. The predicted octanol–water partition coefficient (Wildman–Crippen LogP) is 2.65. The van der Waals surface area contributed by atoms with Crippen molar-refractivity contribution in [1.29, 1.82) is 5.26 Å². The lowest BCUT2D eigenvalue weighted by Crippen LogP contribution is -2.13. The van der Waals surface area contributed by atoms with Gasteiger partial charge in [0.15, 0.2) is 4.77 Å². The van der Waals surface area contributed by atoms with Crippen LogP contribution >= 0.6 is 24.0 Å². The molecule has 23 heavy (non-hydrogen) atoms. The van der Waals surface area contributed by atoms with Crippen molar-refractivity contribution in [1.82, 2.24) is 9.97 Å². The number of nitriles is 1. The molecule has 0 amide bonds. The fourth-order valence-electron chi connectivity index (χ4n) is 1.80. The van der Waals surface area contributed by atoms with E-state index in [9.17, 15) is 9.59 Å². The molecule has 2 rings (SSSR count). The number of hydrogen-bond acceptors (Lipinski definition) is 5. The highest BCUT2D eigenvalue weighted by atomic mass is 32.2. The van der Waals surface area contributed by atoms with E-state index in [-0.39, 0.29) is 16.1 Å². The van der Waals surface area contributed by atoms with E-state index in [1.54, 1.807) is 18.2 Å². The minimum Gasteiger partial charge on any atom is -0.481 e. The molecule has 0 aliphatic rings. The first-order chi connectivity index (χ1) is 11.0. The first-order valence-corrected chi connectivity index (χ1v) is 7.79. The smallest absolute Gasteiger partial charge is 0.313 e. The molecule has 1 aromatic heterocycles. The SMILES string of the molecule is N#Cc1c(/C=C/c2ccccc2SCC(=O)O)[nH]c(=S)[nH]c1=O. The zero-order chi connectivity index (χ0) is 16.8. The third-order valence-electron chi connectivity index (χ3n) is 2.78. The number of thioether (sulfide) groups is 1. The second-order valence-corrected chi connectivity index (χ2v) is 5.79. The summed E-state index contributed by atoms with van der Waals surface area (Å²) >= 11 is 6.09. The van der Waals surface area contributed by atoms with E-state index in [2.05, 4.69) is 9.97 Å². The number of nitrogens with one attached hydrogen (secondary N) is 2. The van der Waals surface area contributed by atoms with Crippen LogP contribution in [0.15, 0.2) is 34.0 Å². The molecule has 0 saturated heterocycles. The Kier molecular flexibility index (Phi) is 5.51. The number of carboxylic acid groups (broad SMARTS) is 1. The van der Waals surface area contributed by atoms with Gasteiger partial charge in [-0.1, -0.05) is 24.3 Å². The Balaban J connectivity index is 2.39. The molecule has 6 nitrogen and oxygen atoms in total. The first kappa shape index (κ1) is 16.7. The van der Waals surface area contributed by atoms with E-state index in [1.165, 1.54) is 11.8 Å². The van der Waals surface area contributed by atoms with Crippen molar-refractivity contribution in [2.75, 3.05) is 5.75 Å². The van der Waals surface area contributed by atoms with Crippen LogP contribution in [0.5, 0.6) is 0 Å². The summed E-state index contributed by atoms with van der Waals surface area (Å²) in [5.41, 5.74) is 0.469. The molecule has 0 fully saturated rings. The van der Waals surface area contributed by atoms with Gasteiger partial charge in [-0.05, 0) is 29.9 Å². The quantitative estimate of drug-likeness (QED) is 0.568. The average Bonchev–Trinajstić information content (AvgIpc) is 2.51. The number of H-pyrrole nitrogens is 2. The van der Waals surface area contributed by atoms with Crippen molar-refractivity contribution >= 4 is 42.1 Å². The number of hydrogen-bond donors (Lipinski definition) is 3. The van der Waals surface area contributed by atoms with E-state index in [0.717, 1.165) is 10.5 Å². The summed E-state index contributed by atoms with van der Waals surface area (Å²) in [6, 6.07) is 9.07. The van der Waals surface area contributed by atoms with Crippen molar-refractivity contribution in [2.45, 2.75) is 4.90 Å². The fourth-order valence-corrected chi connectivity index (χ4v) is 2.76. The van der Waals surface area contributed by atoms with Crippen LogP contribution in [0.2, 0.25) is 0 Å².